The molecule has 10 nitrogen and oxygen atoms in total. The van der Waals surface area contributed by atoms with Crippen LogP contribution in [0.4, 0.5) is 0 Å². The van der Waals surface area contributed by atoms with Crippen molar-refractivity contribution in [3.05, 3.63) is 284 Å². The molecule has 404 valence electrons. The molecule has 11 aromatic carbocycles. The van der Waals surface area contributed by atoms with Gasteiger partial charge in [0.15, 0.2) is 23.3 Å². The molecule has 0 radical (unpaired) electrons. The Morgan fingerprint density at radius 2 is 0.753 bits per heavy atom. The van der Waals surface area contributed by atoms with Gasteiger partial charge in [0.25, 0.3) is 0 Å². The van der Waals surface area contributed by atoms with Crippen LogP contribution in [-0.2, 0) is 0 Å². The Hall–Kier alpha value is -11.4. The Morgan fingerprint density at radius 3 is 1.47 bits per heavy atom. The average Bonchev–Trinajstić information content (AvgIpc) is 2.20. The maximum atomic E-state index is 6.01. The quantitative estimate of drug-likeness (QED) is 0.154. The summed E-state index contributed by atoms with van der Waals surface area (Å²) >= 11 is 0. The molecule has 0 aliphatic carbocycles. The molecule has 16 rings (SSSR count). The van der Waals surface area contributed by atoms with Gasteiger partial charge in [-0.3, -0.25) is 0 Å². The lowest BCUT2D eigenvalue weighted by Gasteiger charge is -2.09. The molecule has 0 unspecified atom stereocenters. The molecule has 0 aliphatic rings. The number of nitrogens with zero attached hydrogens (tertiary/aromatic N) is 9. The number of hydrogen-bond donors (Lipinski definition) is 0. The summed E-state index contributed by atoms with van der Waals surface area (Å²) in [4.78, 5) is 37.1. The van der Waals surface area contributed by atoms with Crippen molar-refractivity contribution in [1.82, 2.24) is 44.4 Å². The molecule has 0 fully saturated rings. The van der Waals surface area contributed by atoms with Crippen LogP contribution in [0.3, 0.4) is 0 Å². The van der Waals surface area contributed by atoms with Gasteiger partial charge in [0, 0.05) is 60.4 Å². The number of benzene rings is 11. The zero-order valence-electron chi connectivity index (χ0n) is 46.8. The largest absolute Gasteiger partial charge is 0.456 e. The summed E-state index contributed by atoms with van der Waals surface area (Å²) in [7, 11) is 0. The predicted octanol–water partition coefficient (Wildman–Crippen LogP) is 18.4. The number of hydrogen-bond acceptors (Lipinski definition) is 9. The van der Waals surface area contributed by atoms with Gasteiger partial charge in [-0.2, -0.15) is 0 Å². The van der Waals surface area contributed by atoms with Crippen molar-refractivity contribution in [3.8, 4) is 73.6 Å². The van der Waals surface area contributed by atoms with Crippen LogP contribution in [0.15, 0.2) is 271 Å². The first kappa shape index (κ1) is 51.8. The molecule has 85 heavy (non-hydrogen) atoms. The van der Waals surface area contributed by atoms with E-state index in [0.29, 0.717) is 34.9 Å². The minimum atomic E-state index is 0.683. The highest BCUT2D eigenvalue weighted by atomic mass is 16.3. The van der Waals surface area contributed by atoms with Crippen molar-refractivity contribution in [2.45, 2.75) is 20.8 Å². The molecule has 0 saturated heterocycles. The van der Waals surface area contributed by atoms with Crippen molar-refractivity contribution in [2.75, 3.05) is 0 Å². The summed E-state index contributed by atoms with van der Waals surface area (Å²) in [6, 6.07) is 91.4. The Kier molecular flexibility index (Phi) is 13.7. The lowest BCUT2D eigenvalue weighted by atomic mass is 9.99. The molecule has 0 aliphatic heterocycles. The predicted molar refractivity (Wildman–Crippen MR) is 345 cm³/mol. The van der Waals surface area contributed by atoms with Crippen molar-refractivity contribution in [2.24, 2.45) is 0 Å². The van der Waals surface area contributed by atoms with Crippen LogP contribution in [0.5, 0.6) is 0 Å². The number of fused-ring (bicyclic) bond motifs is 8. The molecule has 0 bridgehead atoms. The molecule has 0 saturated carbocycles. The third kappa shape index (κ3) is 10.5. The van der Waals surface area contributed by atoms with E-state index in [1.54, 1.807) is 0 Å². The summed E-state index contributed by atoms with van der Waals surface area (Å²) in [6.07, 6.45) is 0. The molecule has 10 heteroatoms. The van der Waals surface area contributed by atoms with E-state index in [2.05, 4.69) is 192 Å². The Bertz CT molecular complexity index is 5120. The zero-order chi connectivity index (χ0) is 57.2. The first-order chi connectivity index (χ1) is 41.8. The topological polar surface area (TPSA) is 121 Å². The summed E-state index contributed by atoms with van der Waals surface area (Å²) < 4.78 is 8.32. The van der Waals surface area contributed by atoms with Crippen LogP contribution in [0.25, 0.3) is 139 Å². The van der Waals surface area contributed by atoms with E-state index >= 15 is 0 Å². The molecule has 5 heterocycles. The Morgan fingerprint density at radius 1 is 0.271 bits per heavy atom. The molecule has 5 aromatic heterocycles. The molecule has 0 N–H and O–H groups in total. The van der Waals surface area contributed by atoms with Gasteiger partial charge in [-0.15, -0.1) is 0 Å². The second-order valence-corrected chi connectivity index (χ2v) is 20.8. The highest BCUT2D eigenvalue weighted by molar-refractivity contribution is 6.10. The lowest BCUT2D eigenvalue weighted by molar-refractivity contribution is 0.669. The summed E-state index contributed by atoms with van der Waals surface area (Å²) in [6.45, 7) is 5.75. The van der Waals surface area contributed by atoms with Crippen molar-refractivity contribution in [3.63, 3.8) is 0 Å². The van der Waals surface area contributed by atoms with E-state index < -0.39 is 0 Å². The summed E-state index contributed by atoms with van der Waals surface area (Å²) in [5.41, 5.74) is 14.5. The maximum absolute atomic E-state index is 6.01. The number of furan rings is 1. The zero-order valence-corrected chi connectivity index (χ0v) is 46.8. The van der Waals surface area contributed by atoms with Gasteiger partial charge in [-0.05, 0) is 103 Å². The Labute approximate surface area is 490 Å². The number of aryl methyl sites for hydroxylation is 3. The fourth-order valence-corrected chi connectivity index (χ4v) is 11.1. The monoisotopic (exact) mass is 1100 g/mol. The van der Waals surface area contributed by atoms with E-state index in [9.17, 15) is 0 Å². The lowest BCUT2D eigenvalue weighted by Crippen LogP contribution is -2.00. The number of para-hydroxylation sites is 4. The maximum Gasteiger partial charge on any atom is 0.163 e. The van der Waals surface area contributed by atoms with Crippen LogP contribution in [-0.4, -0.2) is 44.4 Å². The number of aromatic nitrogens is 9. The van der Waals surface area contributed by atoms with Gasteiger partial charge >= 0.3 is 0 Å². The smallest absolute Gasteiger partial charge is 0.163 e. The SMILES string of the molecule is Cc1nc(-c2ccc3c(c2)oc2ccccc23)c2ccccc2n1.Cc1nc(-c2ccccc2)nc(-c2ccc3c4ccccc4n(-c4ccccc4)c3c2)n1.Cc1nc(-c2ccccc2)nc(-c2cccc(-c3ccc4ccccc4c3)c2)n1. The van der Waals surface area contributed by atoms with Crippen LogP contribution in [0.2, 0.25) is 0 Å². The summed E-state index contributed by atoms with van der Waals surface area (Å²) in [5, 5.41) is 8.24. The third-order valence-corrected chi connectivity index (χ3v) is 15.1. The van der Waals surface area contributed by atoms with E-state index in [1.807, 2.05) is 130 Å². The third-order valence-electron chi connectivity index (χ3n) is 15.1. The first-order valence-corrected chi connectivity index (χ1v) is 28.2. The molecular weight excluding hydrogens is 1040 g/mol. The van der Waals surface area contributed by atoms with Crippen LogP contribution >= 0.6 is 0 Å². The van der Waals surface area contributed by atoms with Gasteiger partial charge in [-0.25, -0.2) is 39.9 Å². The molecule has 0 spiro atoms. The fraction of sp³-hybridized carbons (Fsp3) is 0.0400. The minimum Gasteiger partial charge on any atom is -0.456 e. The Balaban J connectivity index is 0.000000114. The fourth-order valence-electron chi connectivity index (χ4n) is 11.1. The van der Waals surface area contributed by atoms with Gasteiger partial charge in [0.1, 0.15) is 28.6 Å². The van der Waals surface area contributed by atoms with Crippen LogP contribution in [0.1, 0.15) is 17.5 Å². The summed E-state index contributed by atoms with van der Waals surface area (Å²) in [5.74, 6) is 4.96. The molecule has 16 aromatic rings. The second-order valence-electron chi connectivity index (χ2n) is 20.8. The van der Waals surface area contributed by atoms with Gasteiger partial charge in [-0.1, -0.05) is 206 Å². The molecule has 0 atom stereocenters. The average molecular weight is 1100 g/mol. The first-order valence-electron chi connectivity index (χ1n) is 28.2. The highest BCUT2D eigenvalue weighted by Crippen LogP contribution is 2.37. The highest BCUT2D eigenvalue weighted by Gasteiger charge is 2.17. The van der Waals surface area contributed by atoms with E-state index in [1.165, 1.54) is 32.6 Å². The van der Waals surface area contributed by atoms with Crippen molar-refractivity contribution >= 4 is 65.4 Å². The van der Waals surface area contributed by atoms with E-state index in [4.69, 9.17) is 14.4 Å². The standard InChI is InChI=1S/C28H20N4.C26H19N3.C21H14N2O/c1-19-29-27(20-10-4-2-5-11-20)31-28(30-19)21-16-17-24-23-14-8-9-15-25(23)32(26(24)18-21)22-12-6-3-7-13-22;1-18-27-25(20-9-3-2-4-10-20)29-26(28-18)24-13-7-12-22(17-24)23-15-14-19-8-5-6-11-21(19)16-23;1-13-22-18-8-4-2-7-17(18)21(23-13)14-10-11-16-15-6-3-5-9-19(15)24-20(16)12-14/h2-18H,1H3;2-17H,1H3;2-12H,1H3. The van der Waals surface area contributed by atoms with Crippen LogP contribution < -0.4 is 0 Å². The van der Waals surface area contributed by atoms with Gasteiger partial charge in [0.05, 0.1) is 22.2 Å². The molecule has 0 amide bonds. The second kappa shape index (κ2) is 22.5. The van der Waals surface area contributed by atoms with Gasteiger partial charge < -0.3 is 8.98 Å². The number of rotatable bonds is 7. The van der Waals surface area contributed by atoms with Crippen LogP contribution in [0, 0.1) is 20.8 Å². The van der Waals surface area contributed by atoms with E-state index in [-0.39, 0.29) is 0 Å². The van der Waals surface area contributed by atoms with Crippen molar-refractivity contribution in [1.29, 1.82) is 0 Å². The van der Waals surface area contributed by atoms with E-state index in [0.717, 1.165) is 88.9 Å². The normalized spacial score (nSPS) is 11.2. The minimum absolute atomic E-state index is 0.683. The van der Waals surface area contributed by atoms with Gasteiger partial charge in [0.2, 0.25) is 0 Å². The van der Waals surface area contributed by atoms with Crippen molar-refractivity contribution < 1.29 is 4.42 Å². The molecular formula is C75H53N9O.